The highest BCUT2D eigenvalue weighted by molar-refractivity contribution is 5.78. The van der Waals surface area contributed by atoms with Gasteiger partial charge in [0.25, 0.3) is 0 Å². The first-order valence-corrected chi connectivity index (χ1v) is 7.12. The highest BCUT2D eigenvalue weighted by Gasteiger charge is 2.38. The van der Waals surface area contributed by atoms with E-state index in [1.54, 1.807) is 19.5 Å². The number of ether oxygens (including phenoxy) is 2. The Morgan fingerprint density at radius 3 is 2.90 bits per heavy atom. The molecular formula is C14H20N4O3. The molecule has 0 aliphatic carbocycles. The highest BCUT2D eigenvalue weighted by atomic mass is 16.5. The molecular weight excluding hydrogens is 272 g/mol. The number of rotatable bonds is 3. The molecule has 2 aliphatic rings. The molecule has 0 aromatic carbocycles. The summed E-state index contributed by atoms with van der Waals surface area (Å²) in [5, 5.41) is 0. The SMILES string of the molecule is COc1ncc(CN2CC[C@H]3OCC(=O)N(C)[C@H]3C2)cn1. The van der Waals surface area contributed by atoms with Crippen molar-refractivity contribution in [2.24, 2.45) is 0 Å². The molecule has 1 aromatic heterocycles. The van der Waals surface area contributed by atoms with Crippen LogP contribution in [0.2, 0.25) is 0 Å². The molecule has 2 fully saturated rings. The molecule has 2 aliphatic heterocycles. The monoisotopic (exact) mass is 292 g/mol. The van der Waals surface area contributed by atoms with Crippen molar-refractivity contribution in [1.82, 2.24) is 19.8 Å². The average Bonchev–Trinajstić information content (AvgIpc) is 2.52. The van der Waals surface area contributed by atoms with Crippen molar-refractivity contribution in [1.29, 1.82) is 0 Å². The van der Waals surface area contributed by atoms with Gasteiger partial charge in [0.15, 0.2) is 0 Å². The summed E-state index contributed by atoms with van der Waals surface area (Å²) in [5.74, 6) is 0.0610. The number of aromatic nitrogens is 2. The van der Waals surface area contributed by atoms with Gasteiger partial charge in [-0.25, -0.2) is 9.97 Å². The summed E-state index contributed by atoms with van der Waals surface area (Å²) in [6.45, 7) is 2.76. The van der Waals surface area contributed by atoms with Crippen molar-refractivity contribution in [2.75, 3.05) is 33.9 Å². The molecule has 7 nitrogen and oxygen atoms in total. The summed E-state index contributed by atoms with van der Waals surface area (Å²) < 4.78 is 10.6. The third-order valence-electron chi connectivity index (χ3n) is 4.19. The van der Waals surface area contributed by atoms with Crippen LogP contribution in [-0.2, 0) is 16.1 Å². The predicted molar refractivity (Wildman–Crippen MR) is 74.8 cm³/mol. The summed E-state index contributed by atoms with van der Waals surface area (Å²) in [5.41, 5.74) is 1.04. The molecule has 0 unspecified atom stereocenters. The van der Waals surface area contributed by atoms with Crippen LogP contribution in [0.4, 0.5) is 0 Å². The van der Waals surface area contributed by atoms with Gasteiger partial charge in [-0.05, 0) is 6.42 Å². The van der Waals surface area contributed by atoms with Crippen molar-refractivity contribution in [3.8, 4) is 6.01 Å². The van der Waals surface area contributed by atoms with Crippen LogP contribution >= 0.6 is 0 Å². The fourth-order valence-electron chi connectivity index (χ4n) is 2.94. The first-order chi connectivity index (χ1) is 10.2. The predicted octanol–water partition coefficient (Wildman–Crippen LogP) is -0.0833. The Labute approximate surface area is 123 Å². The molecule has 2 atom stereocenters. The zero-order valence-electron chi connectivity index (χ0n) is 12.4. The lowest BCUT2D eigenvalue weighted by Crippen LogP contribution is -2.60. The summed E-state index contributed by atoms with van der Waals surface area (Å²) >= 11 is 0. The average molecular weight is 292 g/mol. The minimum absolute atomic E-state index is 0.0610. The summed E-state index contributed by atoms with van der Waals surface area (Å²) in [7, 11) is 3.41. The molecule has 21 heavy (non-hydrogen) atoms. The van der Waals surface area contributed by atoms with Gasteiger partial charge in [-0.2, -0.15) is 0 Å². The van der Waals surface area contributed by atoms with Crippen molar-refractivity contribution in [3.05, 3.63) is 18.0 Å². The molecule has 0 N–H and O–H groups in total. The summed E-state index contributed by atoms with van der Waals surface area (Å²) in [6, 6.07) is 0.516. The normalized spacial score (nSPS) is 26.6. The number of hydrogen-bond acceptors (Lipinski definition) is 6. The van der Waals surface area contributed by atoms with Crippen LogP contribution in [0.15, 0.2) is 12.4 Å². The van der Waals surface area contributed by atoms with Crippen molar-refractivity contribution in [3.63, 3.8) is 0 Å². The zero-order chi connectivity index (χ0) is 14.8. The topological polar surface area (TPSA) is 67.8 Å². The number of piperidine rings is 1. The fraction of sp³-hybridized carbons (Fsp3) is 0.643. The molecule has 0 bridgehead atoms. The number of likely N-dealkylation sites (tertiary alicyclic amines) is 1. The Morgan fingerprint density at radius 1 is 1.43 bits per heavy atom. The number of fused-ring (bicyclic) bond motifs is 1. The number of carbonyl (C=O) groups is 1. The quantitative estimate of drug-likeness (QED) is 0.776. The lowest BCUT2D eigenvalue weighted by molar-refractivity contribution is -0.160. The van der Waals surface area contributed by atoms with Gasteiger partial charge in [-0.15, -0.1) is 0 Å². The Morgan fingerprint density at radius 2 is 2.19 bits per heavy atom. The van der Waals surface area contributed by atoms with Crippen LogP contribution in [0.1, 0.15) is 12.0 Å². The Bertz CT molecular complexity index is 507. The van der Waals surface area contributed by atoms with Gasteiger partial charge in [0.05, 0.1) is 19.3 Å². The molecule has 1 amide bonds. The lowest BCUT2D eigenvalue weighted by Gasteiger charge is -2.45. The number of amides is 1. The van der Waals surface area contributed by atoms with Crippen LogP contribution in [0.5, 0.6) is 6.01 Å². The number of likely N-dealkylation sites (N-methyl/N-ethyl adjacent to an activating group) is 1. The van der Waals surface area contributed by atoms with Gasteiger partial charge in [0, 0.05) is 44.6 Å². The highest BCUT2D eigenvalue weighted by Crippen LogP contribution is 2.23. The van der Waals surface area contributed by atoms with E-state index in [4.69, 9.17) is 9.47 Å². The van der Waals surface area contributed by atoms with E-state index in [0.29, 0.717) is 6.01 Å². The molecule has 2 saturated heterocycles. The zero-order valence-corrected chi connectivity index (χ0v) is 12.4. The Balaban J connectivity index is 1.63. The van der Waals surface area contributed by atoms with Crippen LogP contribution in [0.25, 0.3) is 0 Å². The third kappa shape index (κ3) is 2.98. The van der Waals surface area contributed by atoms with Crippen molar-refractivity contribution >= 4 is 5.91 Å². The number of carbonyl (C=O) groups excluding carboxylic acids is 1. The van der Waals surface area contributed by atoms with Crippen molar-refractivity contribution in [2.45, 2.75) is 25.1 Å². The van der Waals surface area contributed by atoms with Crippen LogP contribution < -0.4 is 4.74 Å². The molecule has 7 heteroatoms. The maximum atomic E-state index is 11.7. The van der Waals surface area contributed by atoms with E-state index < -0.39 is 0 Å². The molecule has 3 heterocycles. The summed E-state index contributed by atoms with van der Waals surface area (Å²) in [4.78, 5) is 24.1. The second-order valence-electron chi connectivity index (χ2n) is 5.52. The second kappa shape index (κ2) is 5.95. The minimum Gasteiger partial charge on any atom is -0.467 e. The molecule has 0 saturated carbocycles. The number of methoxy groups -OCH3 is 1. The maximum absolute atomic E-state index is 11.7. The molecule has 3 rings (SSSR count). The smallest absolute Gasteiger partial charge is 0.316 e. The van der Waals surface area contributed by atoms with Crippen molar-refractivity contribution < 1.29 is 14.3 Å². The van der Waals surface area contributed by atoms with Gasteiger partial charge in [0.2, 0.25) is 5.91 Å². The standard InChI is InChI=1S/C14H20N4O3/c1-17-11-8-18(4-3-12(11)21-9-13(17)19)7-10-5-15-14(20-2)16-6-10/h5-6,11-12H,3-4,7-9H2,1-2H3/t11-,12+/m0/s1. The Kier molecular flexibility index (Phi) is 4.03. The number of hydrogen-bond donors (Lipinski definition) is 0. The van der Waals surface area contributed by atoms with E-state index in [-0.39, 0.29) is 24.7 Å². The minimum atomic E-state index is 0.0610. The van der Waals surface area contributed by atoms with E-state index in [1.807, 2.05) is 11.9 Å². The van der Waals surface area contributed by atoms with Gasteiger partial charge >= 0.3 is 6.01 Å². The largest absolute Gasteiger partial charge is 0.467 e. The van der Waals surface area contributed by atoms with E-state index in [2.05, 4.69) is 14.9 Å². The van der Waals surface area contributed by atoms with Gasteiger partial charge in [0.1, 0.15) is 6.61 Å². The first kappa shape index (κ1) is 14.2. The Hall–Kier alpha value is -1.73. The second-order valence-corrected chi connectivity index (χ2v) is 5.52. The van der Waals surface area contributed by atoms with Crippen LogP contribution in [0.3, 0.4) is 0 Å². The van der Waals surface area contributed by atoms with E-state index in [9.17, 15) is 4.79 Å². The van der Waals surface area contributed by atoms with Gasteiger partial charge in [-0.3, -0.25) is 9.69 Å². The van der Waals surface area contributed by atoms with E-state index >= 15 is 0 Å². The van der Waals surface area contributed by atoms with E-state index in [0.717, 1.165) is 31.6 Å². The van der Waals surface area contributed by atoms with Gasteiger partial charge < -0.3 is 14.4 Å². The molecule has 0 spiro atoms. The number of nitrogens with zero attached hydrogens (tertiary/aromatic N) is 4. The fourth-order valence-corrected chi connectivity index (χ4v) is 2.94. The lowest BCUT2D eigenvalue weighted by atomic mass is 9.99. The molecule has 1 aromatic rings. The third-order valence-corrected chi connectivity index (χ3v) is 4.19. The molecule has 114 valence electrons. The van der Waals surface area contributed by atoms with Crippen LogP contribution in [0, 0.1) is 0 Å². The van der Waals surface area contributed by atoms with E-state index in [1.165, 1.54) is 0 Å². The van der Waals surface area contributed by atoms with Crippen LogP contribution in [-0.4, -0.2) is 71.7 Å². The maximum Gasteiger partial charge on any atom is 0.316 e. The summed E-state index contributed by atoms with van der Waals surface area (Å²) in [6.07, 6.45) is 4.67. The number of morpholine rings is 1. The first-order valence-electron chi connectivity index (χ1n) is 7.12. The van der Waals surface area contributed by atoms with Gasteiger partial charge in [-0.1, -0.05) is 0 Å². The molecule has 0 radical (unpaired) electrons.